The number of carbonyl (C=O) groups is 1. The van der Waals surface area contributed by atoms with Crippen LogP contribution in [0.3, 0.4) is 0 Å². The van der Waals surface area contributed by atoms with E-state index in [2.05, 4.69) is 10.3 Å². The summed E-state index contributed by atoms with van der Waals surface area (Å²) >= 11 is 0. The van der Waals surface area contributed by atoms with Crippen LogP contribution in [0.15, 0.2) is 18.3 Å². The predicted molar refractivity (Wildman–Crippen MR) is 68.9 cm³/mol. The highest BCUT2D eigenvalue weighted by Crippen LogP contribution is 2.27. The van der Waals surface area contributed by atoms with Crippen LogP contribution in [-0.4, -0.2) is 43.9 Å². The lowest BCUT2D eigenvalue weighted by Crippen LogP contribution is -2.45. The van der Waals surface area contributed by atoms with Crippen molar-refractivity contribution in [2.24, 2.45) is 0 Å². The van der Waals surface area contributed by atoms with E-state index in [1.165, 1.54) is 14.2 Å². The molecule has 8 heteroatoms. The van der Waals surface area contributed by atoms with Crippen molar-refractivity contribution >= 4 is 5.91 Å². The Bertz CT molecular complexity index is 477. The molecule has 1 amide bonds. The first-order valence-corrected chi connectivity index (χ1v) is 6.07. The molecule has 0 fully saturated rings. The van der Waals surface area contributed by atoms with Crippen molar-refractivity contribution in [3.8, 4) is 0 Å². The topological polar surface area (TPSA) is 60.5 Å². The highest BCUT2D eigenvalue weighted by atomic mass is 19.4. The van der Waals surface area contributed by atoms with Crippen LogP contribution in [0.5, 0.6) is 0 Å². The molecule has 1 rings (SSSR count). The van der Waals surface area contributed by atoms with Gasteiger partial charge in [-0.15, -0.1) is 0 Å². The van der Waals surface area contributed by atoms with Gasteiger partial charge in [0.25, 0.3) is 5.91 Å². The van der Waals surface area contributed by atoms with Gasteiger partial charge in [-0.05, 0) is 19.1 Å². The van der Waals surface area contributed by atoms with E-state index >= 15 is 0 Å². The Kier molecular flexibility index (Phi) is 5.68. The van der Waals surface area contributed by atoms with Crippen molar-refractivity contribution in [2.45, 2.75) is 18.7 Å². The second kappa shape index (κ2) is 6.86. The first-order chi connectivity index (χ1) is 9.72. The third-order valence-corrected chi connectivity index (χ3v) is 2.88. The summed E-state index contributed by atoms with van der Waals surface area (Å²) in [6, 6.07) is 1.84. The molecule has 0 aromatic carbocycles. The molecule has 1 unspecified atom stereocenters. The number of carbonyl (C=O) groups excluding carboxylic acids is 1. The summed E-state index contributed by atoms with van der Waals surface area (Å²) in [4.78, 5) is 15.1. The second-order valence-corrected chi connectivity index (χ2v) is 4.70. The van der Waals surface area contributed by atoms with Gasteiger partial charge in [-0.25, -0.2) is 0 Å². The summed E-state index contributed by atoms with van der Waals surface area (Å²) in [5, 5.41) is 2.57. The van der Waals surface area contributed by atoms with Crippen molar-refractivity contribution in [1.82, 2.24) is 10.3 Å². The second-order valence-electron chi connectivity index (χ2n) is 4.70. The summed E-state index contributed by atoms with van der Waals surface area (Å²) in [6.07, 6.45) is -3.64. The van der Waals surface area contributed by atoms with Crippen LogP contribution >= 0.6 is 0 Å². The predicted octanol–water partition coefficient (Wildman–Crippen LogP) is 1.88. The number of amides is 1. The number of alkyl halides is 3. The average Bonchev–Trinajstić information content (AvgIpc) is 2.44. The average molecular weight is 306 g/mol. The molecule has 0 saturated heterocycles. The molecule has 0 aliphatic carbocycles. The molecule has 1 atom stereocenters. The molecule has 0 bridgehead atoms. The molecule has 0 aliphatic rings. The molecule has 0 aliphatic heterocycles. The minimum absolute atomic E-state index is 0.0406. The number of nitrogens with one attached hydrogen (secondary N) is 1. The normalized spacial score (nSPS) is 14.6. The molecule has 118 valence electrons. The Morgan fingerprint density at radius 1 is 1.33 bits per heavy atom. The minimum atomic E-state index is -4.53. The fourth-order valence-electron chi connectivity index (χ4n) is 1.55. The number of hydrogen-bond donors (Lipinski definition) is 1. The highest BCUT2D eigenvalue weighted by Gasteiger charge is 2.32. The zero-order valence-electron chi connectivity index (χ0n) is 12.0. The van der Waals surface area contributed by atoms with Crippen molar-refractivity contribution in [3.05, 3.63) is 29.6 Å². The monoisotopic (exact) mass is 306 g/mol. The first kappa shape index (κ1) is 17.4. The molecule has 0 radical (unpaired) electrons. The van der Waals surface area contributed by atoms with E-state index in [-0.39, 0.29) is 18.7 Å². The zero-order chi connectivity index (χ0) is 16.1. The van der Waals surface area contributed by atoms with Gasteiger partial charge >= 0.3 is 6.18 Å². The third-order valence-electron chi connectivity index (χ3n) is 2.88. The molecule has 0 saturated carbocycles. The van der Waals surface area contributed by atoms with Crippen LogP contribution in [0.25, 0.3) is 0 Å². The zero-order valence-corrected chi connectivity index (χ0v) is 12.0. The van der Waals surface area contributed by atoms with Gasteiger partial charge < -0.3 is 14.8 Å². The molecular weight excluding hydrogens is 289 g/mol. The van der Waals surface area contributed by atoms with E-state index in [1.54, 1.807) is 6.92 Å². The van der Waals surface area contributed by atoms with E-state index in [1.807, 2.05) is 0 Å². The van der Waals surface area contributed by atoms with Crippen LogP contribution in [0.1, 0.15) is 23.0 Å². The summed E-state index contributed by atoms with van der Waals surface area (Å²) < 4.78 is 47.3. The van der Waals surface area contributed by atoms with Crippen molar-refractivity contribution in [3.63, 3.8) is 0 Å². The van der Waals surface area contributed by atoms with Gasteiger partial charge in [0.1, 0.15) is 11.3 Å². The largest absolute Gasteiger partial charge is 0.433 e. The molecule has 1 aromatic rings. The van der Waals surface area contributed by atoms with Crippen LogP contribution in [-0.2, 0) is 15.7 Å². The number of hydrogen-bond acceptors (Lipinski definition) is 4. The Hall–Kier alpha value is -1.67. The number of pyridine rings is 1. The quantitative estimate of drug-likeness (QED) is 0.872. The summed E-state index contributed by atoms with van der Waals surface area (Å²) in [5.41, 5.74) is -1.72. The molecule has 5 nitrogen and oxygen atoms in total. The standard InChI is InChI=1S/C13H17F3N2O3/c1-12(21-3,8-20-2)7-18-11(19)9-4-5-10(17-6-9)13(14,15)16/h4-6H,7-8H2,1-3H3,(H,18,19). The number of rotatable bonds is 6. The molecule has 21 heavy (non-hydrogen) atoms. The van der Waals surface area contributed by atoms with Crippen LogP contribution in [0.4, 0.5) is 13.2 Å². The maximum atomic E-state index is 12.4. The number of aromatic nitrogens is 1. The van der Waals surface area contributed by atoms with E-state index in [0.29, 0.717) is 0 Å². The lowest BCUT2D eigenvalue weighted by Gasteiger charge is -2.27. The Morgan fingerprint density at radius 3 is 2.43 bits per heavy atom. The number of nitrogens with zero attached hydrogens (tertiary/aromatic N) is 1. The summed E-state index contributed by atoms with van der Waals surface area (Å²) in [5.74, 6) is -0.532. The Labute approximate surface area is 120 Å². The SMILES string of the molecule is COCC(C)(CNC(=O)c1ccc(C(F)(F)F)nc1)OC. The molecule has 1 N–H and O–H groups in total. The highest BCUT2D eigenvalue weighted by molar-refractivity contribution is 5.93. The van der Waals surface area contributed by atoms with E-state index in [4.69, 9.17) is 9.47 Å². The van der Waals surface area contributed by atoms with Gasteiger partial charge in [-0.1, -0.05) is 0 Å². The maximum Gasteiger partial charge on any atom is 0.433 e. The number of halogens is 3. The lowest BCUT2D eigenvalue weighted by molar-refractivity contribution is -0.141. The van der Waals surface area contributed by atoms with Gasteiger partial charge in [0.05, 0.1) is 12.2 Å². The molecule has 1 heterocycles. The van der Waals surface area contributed by atoms with Crippen LogP contribution in [0, 0.1) is 0 Å². The van der Waals surface area contributed by atoms with E-state index < -0.39 is 23.4 Å². The fraction of sp³-hybridized carbons (Fsp3) is 0.538. The van der Waals surface area contributed by atoms with Gasteiger partial charge in [0.15, 0.2) is 0 Å². The van der Waals surface area contributed by atoms with E-state index in [9.17, 15) is 18.0 Å². The van der Waals surface area contributed by atoms with E-state index in [0.717, 1.165) is 18.3 Å². The van der Waals surface area contributed by atoms with Crippen LogP contribution in [0.2, 0.25) is 0 Å². The minimum Gasteiger partial charge on any atom is -0.382 e. The fourth-order valence-corrected chi connectivity index (χ4v) is 1.55. The maximum absolute atomic E-state index is 12.4. The molecule has 0 spiro atoms. The first-order valence-electron chi connectivity index (χ1n) is 6.07. The van der Waals surface area contributed by atoms with Crippen molar-refractivity contribution < 1.29 is 27.4 Å². The lowest BCUT2D eigenvalue weighted by atomic mass is 10.1. The number of methoxy groups -OCH3 is 2. The van der Waals surface area contributed by atoms with Crippen LogP contribution < -0.4 is 5.32 Å². The molecular formula is C13H17F3N2O3. The summed E-state index contributed by atoms with van der Waals surface area (Å²) in [6.45, 7) is 2.15. The van der Waals surface area contributed by atoms with Crippen molar-refractivity contribution in [1.29, 1.82) is 0 Å². The smallest absolute Gasteiger partial charge is 0.382 e. The Morgan fingerprint density at radius 2 is 2.00 bits per heavy atom. The van der Waals surface area contributed by atoms with Crippen molar-refractivity contribution in [2.75, 3.05) is 27.4 Å². The van der Waals surface area contributed by atoms with Gasteiger partial charge in [-0.3, -0.25) is 9.78 Å². The van der Waals surface area contributed by atoms with Gasteiger partial charge in [-0.2, -0.15) is 13.2 Å². The van der Waals surface area contributed by atoms with Gasteiger partial charge in [0, 0.05) is 27.0 Å². The number of ether oxygens (including phenoxy) is 2. The summed E-state index contributed by atoms with van der Waals surface area (Å²) in [7, 11) is 2.98. The third kappa shape index (κ3) is 4.98. The molecule has 1 aromatic heterocycles. The van der Waals surface area contributed by atoms with Gasteiger partial charge in [0.2, 0.25) is 0 Å². The Balaban J connectivity index is 2.68.